The van der Waals surface area contributed by atoms with Gasteiger partial charge in [0.2, 0.25) is 5.91 Å². The summed E-state index contributed by atoms with van der Waals surface area (Å²) in [6.45, 7) is 1.20. The second-order valence-electron chi connectivity index (χ2n) is 6.55. The van der Waals surface area contributed by atoms with Crippen LogP contribution in [0.25, 0.3) is 0 Å². The number of nitrogens with zero attached hydrogens (tertiary/aromatic N) is 1. The maximum absolute atomic E-state index is 12.8. The zero-order valence-electron chi connectivity index (χ0n) is 14.2. The van der Waals surface area contributed by atoms with Crippen LogP contribution in [0.5, 0.6) is 5.75 Å². The molecule has 126 valence electrons. The predicted octanol–water partition coefficient (Wildman–Crippen LogP) is 2.66. The van der Waals surface area contributed by atoms with Gasteiger partial charge in [0.1, 0.15) is 12.4 Å². The number of hydrogen-bond acceptors (Lipinski definition) is 3. The van der Waals surface area contributed by atoms with E-state index in [1.165, 1.54) is 0 Å². The Hall–Kier alpha value is -2.33. The van der Waals surface area contributed by atoms with Crippen LogP contribution in [0.15, 0.2) is 54.6 Å². The van der Waals surface area contributed by atoms with Crippen molar-refractivity contribution in [3.8, 4) is 5.75 Å². The fourth-order valence-electron chi connectivity index (χ4n) is 3.07. The van der Waals surface area contributed by atoms with Crippen LogP contribution in [-0.2, 0) is 11.2 Å². The van der Waals surface area contributed by atoms with Crippen molar-refractivity contribution in [2.75, 3.05) is 27.2 Å². The van der Waals surface area contributed by atoms with E-state index in [9.17, 15) is 4.79 Å². The van der Waals surface area contributed by atoms with Crippen LogP contribution in [0.4, 0.5) is 0 Å². The molecule has 1 N–H and O–H groups in total. The largest absolute Gasteiger partial charge is 0.492 e. The molecule has 1 aliphatic heterocycles. The average Bonchev–Trinajstić information content (AvgIpc) is 2.61. The Labute approximate surface area is 143 Å². The van der Waals surface area contributed by atoms with Crippen molar-refractivity contribution in [1.82, 2.24) is 10.2 Å². The highest BCUT2D eigenvalue weighted by Gasteiger charge is 2.27. The van der Waals surface area contributed by atoms with E-state index in [1.54, 1.807) is 0 Å². The Balaban J connectivity index is 1.70. The van der Waals surface area contributed by atoms with E-state index in [0.29, 0.717) is 6.61 Å². The van der Waals surface area contributed by atoms with Crippen LogP contribution < -0.4 is 10.1 Å². The van der Waals surface area contributed by atoms with Gasteiger partial charge >= 0.3 is 0 Å². The number of rotatable bonds is 5. The molecule has 2 aromatic rings. The quantitative estimate of drug-likeness (QED) is 0.919. The summed E-state index contributed by atoms with van der Waals surface area (Å²) in [6.07, 6.45) is 0.728. The van der Waals surface area contributed by atoms with E-state index in [-0.39, 0.29) is 17.9 Å². The highest BCUT2D eigenvalue weighted by Crippen LogP contribution is 2.27. The van der Waals surface area contributed by atoms with E-state index in [0.717, 1.165) is 29.8 Å². The van der Waals surface area contributed by atoms with Gasteiger partial charge in [-0.2, -0.15) is 0 Å². The molecule has 0 unspecified atom stereocenters. The fraction of sp³-hybridized carbons (Fsp3) is 0.350. The average molecular weight is 324 g/mol. The minimum Gasteiger partial charge on any atom is -0.492 e. The highest BCUT2D eigenvalue weighted by atomic mass is 16.5. The molecule has 0 aromatic heterocycles. The zero-order chi connectivity index (χ0) is 16.9. The number of carbonyl (C=O) groups excluding carboxylic acids is 1. The molecule has 0 radical (unpaired) electrons. The van der Waals surface area contributed by atoms with E-state index in [4.69, 9.17) is 4.74 Å². The van der Waals surface area contributed by atoms with Gasteiger partial charge in [0.05, 0.1) is 12.0 Å². The normalized spacial score (nSPS) is 17.7. The van der Waals surface area contributed by atoms with Gasteiger partial charge in [0, 0.05) is 6.54 Å². The number of para-hydroxylation sites is 1. The number of amides is 1. The molecule has 0 bridgehead atoms. The molecule has 0 saturated carbocycles. The summed E-state index contributed by atoms with van der Waals surface area (Å²) in [5.41, 5.74) is 2.23. The Bertz CT molecular complexity index is 685. The lowest BCUT2D eigenvalue weighted by atomic mass is 9.95. The summed E-state index contributed by atoms with van der Waals surface area (Å²) in [6, 6.07) is 18.0. The number of fused-ring (bicyclic) bond motifs is 1. The molecule has 24 heavy (non-hydrogen) atoms. The summed E-state index contributed by atoms with van der Waals surface area (Å²) in [7, 11) is 4.03. The third-order valence-corrected chi connectivity index (χ3v) is 4.32. The lowest BCUT2D eigenvalue weighted by Crippen LogP contribution is -2.42. The van der Waals surface area contributed by atoms with Crippen LogP contribution in [0.2, 0.25) is 0 Å². The molecule has 2 atom stereocenters. The van der Waals surface area contributed by atoms with Gasteiger partial charge in [0.25, 0.3) is 0 Å². The summed E-state index contributed by atoms with van der Waals surface area (Å²) < 4.78 is 5.75. The Kier molecular flexibility index (Phi) is 5.16. The summed E-state index contributed by atoms with van der Waals surface area (Å²) in [5, 5.41) is 3.20. The first-order chi connectivity index (χ1) is 11.6. The first-order valence-electron chi connectivity index (χ1n) is 8.34. The maximum atomic E-state index is 12.8. The third kappa shape index (κ3) is 3.95. The summed E-state index contributed by atoms with van der Waals surface area (Å²) in [5.74, 6) is 0.808. The Morgan fingerprint density at radius 2 is 1.88 bits per heavy atom. The standard InChI is InChI=1S/C20H24N2O2/c1-22(2)13-18(15-8-4-3-5-9-15)21-20(23)17-12-16-10-6-7-11-19(16)24-14-17/h3-11,17-18H,12-14H2,1-2H3,(H,21,23)/t17-,18+/m0/s1. The second kappa shape index (κ2) is 7.49. The SMILES string of the molecule is CN(C)C[C@@H](NC(=O)[C@@H]1COc2ccccc2C1)c1ccccc1. The Morgan fingerprint density at radius 3 is 2.62 bits per heavy atom. The molecule has 2 aromatic carbocycles. The zero-order valence-corrected chi connectivity index (χ0v) is 14.2. The molecule has 4 heteroatoms. The Morgan fingerprint density at radius 1 is 1.17 bits per heavy atom. The highest BCUT2D eigenvalue weighted by molar-refractivity contribution is 5.80. The number of carbonyl (C=O) groups is 1. The van der Waals surface area contributed by atoms with Crippen LogP contribution in [0, 0.1) is 5.92 Å². The third-order valence-electron chi connectivity index (χ3n) is 4.32. The molecule has 0 spiro atoms. The lowest BCUT2D eigenvalue weighted by molar-refractivity contribution is -0.127. The first kappa shape index (κ1) is 16.5. The number of likely N-dealkylation sites (N-methyl/N-ethyl adjacent to an activating group) is 1. The van der Waals surface area contributed by atoms with Gasteiger partial charge < -0.3 is 15.0 Å². The molecule has 0 aliphatic carbocycles. The maximum Gasteiger partial charge on any atom is 0.227 e. The van der Waals surface area contributed by atoms with Crippen LogP contribution in [0.3, 0.4) is 0 Å². The second-order valence-corrected chi connectivity index (χ2v) is 6.55. The molecule has 3 rings (SSSR count). The number of nitrogens with one attached hydrogen (secondary N) is 1. The summed E-state index contributed by atoms with van der Waals surface area (Å²) in [4.78, 5) is 14.9. The molecule has 1 amide bonds. The van der Waals surface area contributed by atoms with Crippen molar-refractivity contribution >= 4 is 5.91 Å². The van der Waals surface area contributed by atoms with Gasteiger partial charge in [-0.15, -0.1) is 0 Å². The van der Waals surface area contributed by atoms with Crippen molar-refractivity contribution in [1.29, 1.82) is 0 Å². The van der Waals surface area contributed by atoms with Crippen LogP contribution in [0.1, 0.15) is 17.2 Å². The lowest BCUT2D eigenvalue weighted by Gasteiger charge is -2.28. The van der Waals surface area contributed by atoms with E-state index >= 15 is 0 Å². The van der Waals surface area contributed by atoms with Crippen molar-refractivity contribution in [3.05, 3.63) is 65.7 Å². The molecule has 4 nitrogen and oxygen atoms in total. The van der Waals surface area contributed by atoms with Gasteiger partial charge in [-0.05, 0) is 37.7 Å². The molecule has 0 fully saturated rings. The van der Waals surface area contributed by atoms with Crippen LogP contribution >= 0.6 is 0 Å². The number of hydrogen-bond donors (Lipinski definition) is 1. The molecular formula is C20H24N2O2. The van der Waals surface area contributed by atoms with Crippen molar-refractivity contribution in [2.45, 2.75) is 12.5 Å². The minimum absolute atomic E-state index is 0.0223. The van der Waals surface area contributed by atoms with E-state index < -0.39 is 0 Å². The van der Waals surface area contributed by atoms with E-state index in [1.807, 2.05) is 56.6 Å². The fourth-order valence-corrected chi connectivity index (χ4v) is 3.07. The number of benzene rings is 2. The minimum atomic E-state index is -0.145. The van der Waals surface area contributed by atoms with Gasteiger partial charge in [-0.3, -0.25) is 4.79 Å². The topological polar surface area (TPSA) is 41.6 Å². The van der Waals surface area contributed by atoms with Crippen molar-refractivity contribution in [2.24, 2.45) is 5.92 Å². The van der Waals surface area contributed by atoms with Crippen LogP contribution in [-0.4, -0.2) is 38.1 Å². The molecule has 0 saturated heterocycles. The van der Waals surface area contributed by atoms with Crippen molar-refractivity contribution < 1.29 is 9.53 Å². The molecule has 1 heterocycles. The predicted molar refractivity (Wildman–Crippen MR) is 95.0 cm³/mol. The van der Waals surface area contributed by atoms with Gasteiger partial charge in [0.15, 0.2) is 0 Å². The van der Waals surface area contributed by atoms with Gasteiger partial charge in [-0.25, -0.2) is 0 Å². The first-order valence-corrected chi connectivity index (χ1v) is 8.34. The summed E-state index contributed by atoms with van der Waals surface area (Å²) >= 11 is 0. The molecular weight excluding hydrogens is 300 g/mol. The monoisotopic (exact) mass is 324 g/mol. The number of ether oxygens (including phenoxy) is 1. The van der Waals surface area contributed by atoms with Crippen molar-refractivity contribution in [3.63, 3.8) is 0 Å². The van der Waals surface area contributed by atoms with E-state index in [2.05, 4.69) is 22.3 Å². The van der Waals surface area contributed by atoms with Gasteiger partial charge in [-0.1, -0.05) is 48.5 Å². The smallest absolute Gasteiger partial charge is 0.227 e. The molecule has 1 aliphatic rings.